The van der Waals surface area contributed by atoms with Crippen molar-refractivity contribution < 1.29 is 68.8 Å². The smallest absolute Gasteiger partial charge is 0.279 e. The summed E-state index contributed by atoms with van der Waals surface area (Å²) in [6, 6.07) is -4.81. The van der Waals surface area contributed by atoms with E-state index in [4.69, 9.17) is 31.4 Å². The molecule has 32 nitrogen and oxygen atoms in total. The second-order valence-corrected chi connectivity index (χ2v) is 19.6. The average Bonchev–Trinajstić information content (AvgIpc) is 4.30. The van der Waals surface area contributed by atoms with E-state index in [1.54, 1.807) is 6.92 Å². The highest BCUT2D eigenvalue weighted by Crippen LogP contribution is 2.37. The third-order valence-corrected chi connectivity index (χ3v) is 13.8. The molecule has 0 spiro atoms. The third-order valence-electron chi connectivity index (χ3n) is 13.8. The number of hydrogen-bond donors (Lipinski definition) is 15. The van der Waals surface area contributed by atoms with Gasteiger partial charge >= 0.3 is 0 Å². The summed E-state index contributed by atoms with van der Waals surface area (Å²) >= 11 is 0. The predicted octanol–water partition coefficient (Wildman–Crippen LogP) is -4.30. The Morgan fingerprint density at radius 3 is 1.60 bits per heavy atom. The van der Waals surface area contributed by atoms with E-state index in [1.807, 2.05) is 20.8 Å². The maximum absolute atomic E-state index is 12.4. The number of H-pyrrole nitrogens is 1. The number of aliphatic imine (C=N–C) groups is 1. The average molecular weight is 1130 g/mol. The van der Waals surface area contributed by atoms with Crippen molar-refractivity contribution in [2.24, 2.45) is 22.2 Å². The molecule has 5 aliphatic rings. The lowest BCUT2D eigenvalue weighted by atomic mass is 10.1. The molecular formula is C48H71N17O15. The standard InChI is InChI=1S/2C16H24N6O5.C16H23N5O5/c2*1-3-4-8(17)14(25)21-10-12(24)9(5-23)27-16(10)22-6-18-11-13(22)19-7(2)20-15(11)26;1-2-3-8(17)15(25)20-12-13(24)10(6-22)26-16(12)21-7-19-11-9(23)4-5-18-14(11)21/h6,8-10,12,16,23-24H,3-5,17H2,1-2H3,(H,21,25)(H,19,20,26);6,8-10,12,16,19,23-24H,2-5,17H2,1H3,(H,20,26)(H,21,25);5,7-8,10,12-13,16,22,24H,2-4,6,17H2,1H3,(H,20,25)/t2*8?,9-,10?,12+,16-;8?,10-,12?,13+,16-/m111/s1. The summed E-state index contributed by atoms with van der Waals surface area (Å²) in [7, 11) is 0. The maximum atomic E-state index is 12.4. The van der Waals surface area contributed by atoms with Gasteiger partial charge in [-0.3, -0.25) is 42.5 Å². The van der Waals surface area contributed by atoms with Crippen molar-refractivity contribution in [1.82, 2.24) is 59.9 Å². The van der Waals surface area contributed by atoms with Crippen LogP contribution in [-0.2, 0) is 28.6 Å². The van der Waals surface area contributed by atoms with E-state index in [-0.39, 0.29) is 40.6 Å². The van der Waals surface area contributed by atoms with Gasteiger partial charge in [0.2, 0.25) is 17.7 Å². The number of nitrogens with two attached hydrogens (primary N) is 3. The second-order valence-electron chi connectivity index (χ2n) is 19.6. The van der Waals surface area contributed by atoms with E-state index in [0.29, 0.717) is 36.7 Å². The molecule has 4 aromatic rings. The Labute approximate surface area is 456 Å². The van der Waals surface area contributed by atoms with Crippen LogP contribution in [0.3, 0.4) is 0 Å². The number of aromatic amines is 1. The minimum atomic E-state index is -1.17. The molecule has 3 fully saturated rings. The predicted molar refractivity (Wildman–Crippen MR) is 280 cm³/mol. The van der Waals surface area contributed by atoms with Gasteiger partial charge in [0, 0.05) is 12.6 Å². The second kappa shape index (κ2) is 26.5. The number of rotatable bonds is 18. The minimum absolute atomic E-state index is 0.110. The van der Waals surface area contributed by atoms with Crippen molar-refractivity contribution in [2.75, 3.05) is 25.1 Å². The van der Waals surface area contributed by atoms with Gasteiger partial charge in [-0.1, -0.05) is 46.6 Å². The molecule has 4 amide bonds. The number of aliphatic hydroxyl groups is 6. The number of aromatic nitrogens is 8. The number of ether oxygens (including phenoxy) is 3. The van der Waals surface area contributed by atoms with Crippen molar-refractivity contribution in [3.8, 4) is 0 Å². The van der Waals surface area contributed by atoms with Crippen molar-refractivity contribution in [3.05, 3.63) is 58.9 Å². The van der Waals surface area contributed by atoms with Gasteiger partial charge in [0.05, 0.1) is 56.9 Å². The van der Waals surface area contributed by atoms with Crippen LogP contribution in [0.2, 0.25) is 0 Å². The van der Waals surface area contributed by atoms with Gasteiger partial charge in [0.1, 0.15) is 72.2 Å². The molecule has 0 aliphatic carbocycles. The number of hydrogen-bond acceptors (Lipinski definition) is 24. The van der Waals surface area contributed by atoms with Crippen molar-refractivity contribution >= 4 is 58.4 Å². The van der Waals surface area contributed by atoms with Crippen molar-refractivity contribution in [2.45, 2.75) is 164 Å². The van der Waals surface area contributed by atoms with Crippen LogP contribution < -0.4 is 49.3 Å². The number of nitrogens with one attached hydrogen (secondary N) is 6. The molecule has 3 saturated heterocycles. The van der Waals surface area contributed by atoms with Crippen LogP contribution >= 0.6 is 0 Å². The molecule has 80 heavy (non-hydrogen) atoms. The molecule has 0 aromatic carbocycles. The van der Waals surface area contributed by atoms with Crippen LogP contribution in [0.5, 0.6) is 0 Å². The third kappa shape index (κ3) is 12.8. The largest absolute Gasteiger partial charge is 0.394 e. The van der Waals surface area contributed by atoms with Crippen LogP contribution in [0, 0.1) is 6.92 Å². The first kappa shape index (κ1) is 60.7. The highest BCUT2D eigenvalue weighted by Gasteiger charge is 2.49. The molecule has 9 rings (SSSR count). The molecule has 4 aromatic heterocycles. The minimum Gasteiger partial charge on any atom is -0.394 e. The summed E-state index contributed by atoms with van der Waals surface area (Å²) in [6.45, 7) is 9.72. The lowest BCUT2D eigenvalue weighted by Crippen LogP contribution is -2.51. The zero-order chi connectivity index (χ0) is 58.3. The number of nitrogens with zero attached hydrogens (tertiary/aromatic N) is 8. The molecule has 0 bridgehead atoms. The number of carbonyl (C=O) groups is 5. The van der Waals surface area contributed by atoms with Gasteiger partial charge in [-0.25, -0.2) is 24.9 Å². The van der Waals surface area contributed by atoms with E-state index in [0.717, 1.165) is 19.3 Å². The van der Waals surface area contributed by atoms with E-state index in [2.05, 4.69) is 63.1 Å². The van der Waals surface area contributed by atoms with Gasteiger partial charge < -0.3 is 93.6 Å². The van der Waals surface area contributed by atoms with Crippen LogP contribution in [0.4, 0.5) is 11.6 Å². The number of anilines is 1. The van der Waals surface area contributed by atoms with Gasteiger partial charge in [-0.2, -0.15) is 0 Å². The van der Waals surface area contributed by atoms with E-state index >= 15 is 0 Å². The van der Waals surface area contributed by atoms with E-state index < -0.39 is 141 Å². The number of Topliss-reactive ketones (excluding diaryl/α,β-unsaturated/α-hetero) is 1. The van der Waals surface area contributed by atoms with Gasteiger partial charge in [-0.15, -0.1) is 0 Å². The first-order chi connectivity index (χ1) is 38.2. The summed E-state index contributed by atoms with van der Waals surface area (Å²) in [5.74, 6) is -0.625. The van der Waals surface area contributed by atoms with Crippen molar-refractivity contribution in [1.29, 1.82) is 0 Å². The summed E-state index contributed by atoms with van der Waals surface area (Å²) in [4.78, 5) is 96.2. The van der Waals surface area contributed by atoms with Gasteiger partial charge in [-0.05, 0) is 26.2 Å². The fraction of sp³-hybridized carbons (Fsp3) is 0.604. The number of amides is 4. The SMILES string of the molecule is C=C1NC(=O)c2ncn([C@@H]3O[C@H](CO)[C@H](O)C3NC(=O)C(N)CCC)c2N1.CCCC(N)C(=O)NC1[C@@H](O)[C@@H](CO)O[C@H]1n1cnc2c(=O)[nH]c(C)nc21.CCCC(N)C(=O)NC1[C@@H](O)[C@@H](CO)O[C@H]1n1cnc2c1N=CCC2=O. The lowest BCUT2D eigenvalue weighted by Gasteiger charge is -2.27. The molecule has 0 radical (unpaired) electrons. The summed E-state index contributed by atoms with van der Waals surface area (Å²) in [5, 5.41) is 73.3. The zero-order valence-electron chi connectivity index (χ0n) is 44.4. The fourth-order valence-electron chi connectivity index (χ4n) is 9.63. The number of imidazole rings is 3. The lowest BCUT2D eigenvalue weighted by molar-refractivity contribution is -0.125. The Morgan fingerprint density at radius 1 is 0.688 bits per heavy atom. The molecule has 32 heteroatoms. The number of ketones is 1. The zero-order valence-corrected chi connectivity index (χ0v) is 44.4. The summed E-state index contributed by atoms with van der Waals surface area (Å²) in [5.41, 5.74) is 17.8. The van der Waals surface area contributed by atoms with Crippen LogP contribution in [0.1, 0.15) is 111 Å². The van der Waals surface area contributed by atoms with Gasteiger partial charge in [0.25, 0.3) is 11.5 Å². The van der Waals surface area contributed by atoms with Gasteiger partial charge in [0.15, 0.2) is 52.8 Å². The molecular weight excluding hydrogens is 1050 g/mol. The van der Waals surface area contributed by atoms with Crippen molar-refractivity contribution in [3.63, 3.8) is 0 Å². The molecule has 6 unspecified atom stereocenters. The number of aryl methyl sites for hydroxylation is 1. The molecule has 0 saturated carbocycles. The Bertz CT molecular complexity index is 2960. The molecule has 438 valence electrons. The number of aliphatic hydroxyl groups excluding tert-OH is 6. The van der Waals surface area contributed by atoms with Crippen LogP contribution in [0.25, 0.3) is 11.2 Å². The van der Waals surface area contributed by atoms with Crippen LogP contribution in [0.15, 0.2) is 41.2 Å². The molecule has 15 atom stereocenters. The van der Waals surface area contributed by atoms with Crippen LogP contribution in [-0.4, -0.2) is 198 Å². The quantitative estimate of drug-likeness (QED) is 0.0448. The Kier molecular flexibility index (Phi) is 20.1. The summed E-state index contributed by atoms with van der Waals surface area (Å²) in [6.07, 6.45) is 0.542. The summed E-state index contributed by atoms with van der Waals surface area (Å²) < 4.78 is 21.6. The van der Waals surface area contributed by atoms with E-state index in [1.165, 1.54) is 38.9 Å². The molecule has 5 aliphatic heterocycles. The van der Waals surface area contributed by atoms with E-state index in [9.17, 15) is 59.4 Å². The maximum Gasteiger partial charge on any atom is 0.279 e. The first-order valence-electron chi connectivity index (χ1n) is 26.1. The Hall–Kier alpha value is -6.95. The Morgan fingerprint density at radius 2 is 1.12 bits per heavy atom. The highest BCUT2D eigenvalue weighted by atomic mass is 16.6. The number of fused-ring (bicyclic) bond motifs is 3. The number of carbonyl (C=O) groups excluding carboxylic acids is 5. The molecule has 9 heterocycles. The fourth-order valence-corrected chi connectivity index (χ4v) is 9.63. The highest BCUT2D eigenvalue weighted by molar-refractivity contribution is 6.08. The normalized spacial score (nSPS) is 27.8. The first-order valence-corrected chi connectivity index (χ1v) is 26.1. The monoisotopic (exact) mass is 1130 g/mol. The topological polar surface area (TPSA) is 484 Å². The molecule has 18 N–H and O–H groups in total. The Balaban J connectivity index is 0.000000173.